The molecule has 1 heterocycles. The van der Waals surface area contributed by atoms with Gasteiger partial charge in [-0.05, 0) is 48.9 Å². The molecular formula is C19H16Cl2N4O3S. The summed E-state index contributed by atoms with van der Waals surface area (Å²) in [6, 6.07) is 10.2. The van der Waals surface area contributed by atoms with Crippen LogP contribution in [0.2, 0.25) is 10.0 Å². The molecule has 2 aromatic carbocycles. The molecule has 0 saturated heterocycles. The fraction of sp³-hybridized carbons (Fsp3) is 0.158. The number of hydrogen-bond acceptors (Lipinski definition) is 6. The Morgan fingerprint density at radius 2 is 1.83 bits per heavy atom. The van der Waals surface area contributed by atoms with Crippen LogP contribution in [0.25, 0.3) is 11.5 Å². The van der Waals surface area contributed by atoms with E-state index in [1.54, 1.807) is 37.3 Å². The molecule has 2 N–H and O–H groups in total. The number of aryl methyl sites for hydroxylation is 1. The van der Waals surface area contributed by atoms with Crippen molar-refractivity contribution in [2.75, 3.05) is 18.1 Å². The van der Waals surface area contributed by atoms with Crippen LogP contribution in [-0.4, -0.2) is 34.8 Å². The maximum absolute atomic E-state index is 12.4. The van der Waals surface area contributed by atoms with Crippen LogP contribution in [0, 0.1) is 6.92 Å². The van der Waals surface area contributed by atoms with Crippen molar-refractivity contribution >= 4 is 52.5 Å². The van der Waals surface area contributed by atoms with Crippen molar-refractivity contribution in [3.05, 3.63) is 57.6 Å². The van der Waals surface area contributed by atoms with E-state index in [0.29, 0.717) is 32.8 Å². The average Bonchev–Trinajstić information content (AvgIpc) is 3.17. The molecule has 0 bridgehead atoms. The van der Waals surface area contributed by atoms with Crippen LogP contribution in [0.1, 0.15) is 15.9 Å². The summed E-state index contributed by atoms with van der Waals surface area (Å²) >= 11 is 13.0. The third-order valence-corrected chi connectivity index (χ3v) is 5.15. The lowest BCUT2D eigenvalue weighted by Crippen LogP contribution is -2.23. The van der Waals surface area contributed by atoms with Gasteiger partial charge in [-0.1, -0.05) is 35.0 Å². The normalized spacial score (nSPS) is 10.6. The van der Waals surface area contributed by atoms with Crippen molar-refractivity contribution in [1.29, 1.82) is 0 Å². The lowest BCUT2D eigenvalue weighted by atomic mass is 10.1. The van der Waals surface area contributed by atoms with Gasteiger partial charge in [0.1, 0.15) is 0 Å². The number of carbonyl (C=O) groups is 2. The minimum absolute atomic E-state index is 0.0253. The molecule has 2 amide bonds. The summed E-state index contributed by atoms with van der Waals surface area (Å²) in [5.41, 5.74) is 2.10. The minimum Gasteiger partial charge on any atom is -0.411 e. The van der Waals surface area contributed by atoms with E-state index in [-0.39, 0.29) is 22.8 Å². The molecule has 0 aliphatic heterocycles. The van der Waals surface area contributed by atoms with Gasteiger partial charge in [-0.2, -0.15) is 0 Å². The first-order valence-electron chi connectivity index (χ1n) is 8.41. The van der Waals surface area contributed by atoms with Crippen LogP contribution in [0.5, 0.6) is 0 Å². The minimum atomic E-state index is -0.344. The third kappa shape index (κ3) is 5.29. The highest BCUT2D eigenvalue weighted by molar-refractivity contribution is 7.99. The third-order valence-electron chi connectivity index (χ3n) is 3.86. The zero-order valence-corrected chi connectivity index (χ0v) is 17.8. The Kier molecular flexibility index (Phi) is 6.79. The van der Waals surface area contributed by atoms with E-state index in [2.05, 4.69) is 20.8 Å². The Morgan fingerprint density at radius 1 is 1.10 bits per heavy atom. The van der Waals surface area contributed by atoms with Gasteiger partial charge in [0.05, 0.1) is 17.0 Å². The molecule has 0 saturated carbocycles. The van der Waals surface area contributed by atoms with Gasteiger partial charge in [0, 0.05) is 22.7 Å². The quantitative estimate of drug-likeness (QED) is 0.538. The molecule has 0 aliphatic rings. The molecule has 29 heavy (non-hydrogen) atoms. The molecule has 3 aromatic rings. The van der Waals surface area contributed by atoms with Gasteiger partial charge >= 0.3 is 0 Å². The Bertz CT molecular complexity index is 1050. The summed E-state index contributed by atoms with van der Waals surface area (Å²) < 4.78 is 5.57. The predicted octanol–water partition coefficient (Wildman–Crippen LogP) is 4.44. The van der Waals surface area contributed by atoms with Crippen LogP contribution in [0.3, 0.4) is 0 Å². The summed E-state index contributed by atoms with van der Waals surface area (Å²) in [6.07, 6.45) is 0. The average molecular weight is 451 g/mol. The van der Waals surface area contributed by atoms with Crippen LogP contribution in [0.15, 0.2) is 46.0 Å². The molecule has 10 heteroatoms. The smallest absolute Gasteiger partial charge is 0.277 e. The lowest BCUT2D eigenvalue weighted by Gasteiger charge is -2.13. The summed E-state index contributed by atoms with van der Waals surface area (Å²) in [5, 5.41) is 14.5. The Morgan fingerprint density at radius 3 is 2.52 bits per heavy atom. The largest absolute Gasteiger partial charge is 0.411 e. The fourth-order valence-electron chi connectivity index (χ4n) is 2.50. The first-order chi connectivity index (χ1) is 13.9. The van der Waals surface area contributed by atoms with Crippen molar-refractivity contribution in [3.63, 3.8) is 0 Å². The van der Waals surface area contributed by atoms with Crippen LogP contribution < -0.4 is 10.6 Å². The number of anilines is 1. The lowest BCUT2D eigenvalue weighted by molar-refractivity contribution is -0.113. The zero-order chi connectivity index (χ0) is 21.0. The van der Waals surface area contributed by atoms with Crippen molar-refractivity contribution < 1.29 is 14.0 Å². The maximum Gasteiger partial charge on any atom is 0.277 e. The van der Waals surface area contributed by atoms with Gasteiger partial charge in [-0.25, -0.2) is 0 Å². The van der Waals surface area contributed by atoms with Gasteiger partial charge in [0.15, 0.2) is 0 Å². The number of halogens is 2. The summed E-state index contributed by atoms with van der Waals surface area (Å²) in [7, 11) is 1.51. The number of rotatable bonds is 6. The number of thioether (sulfide) groups is 1. The van der Waals surface area contributed by atoms with E-state index >= 15 is 0 Å². The molecule has 150 valence electrons. The molecule has 0 radical (unpaired) electrons. The Labute approximate surface area is 181 Å². The van der Waals surface area contributed by atoms with Crippen molar-refractivity contribution in [2.45, 2.75) is 12.1 Å². The second-order valence-electron chi connectivity index (χ2n) is 5.94. The van der Waals surface area contributed by atoms with E-state index in [0.717, 1.165) is 17.3 Å². The van der Waals surface area contributed by atoms with Crippen LogP contribution in [-0.2, 0) is 4.79 Å². The van der Waals surface area contributed by atoms with Crippen molar-refractivity contribution in [3.8, 4) is 11.5 Å². The number of nitrogens with zero attached hydrogens (tertiary/aromatic N) is 2. The van der Waals surface area contributed by atoms with E-state index in [9.17, 15) is 9.59 Å². The molecular weight excluding hydrogens is 435 g/mol. The van der Waals surface area contributed by atoms with E-state index in [4.69, 9.17) is 27.6 Å². The Hall–Kier alpha value is -2.55. The molecule has 0 fully saturated rings. The monoisotopic (exact) mass is 450 g/mol. The molecule has 0 unspecified atom stereocenters. The second-order valence-corrected chi connectivity index (χ2v) is 7.74. The van der Waals surface area contributed by atoms with E-state index in [1.165, 1.54) is 13.1 Å². The number of hydrogen-bond donors (Lipinski definition) is 2. The van der Waals surface area contributed by atoms with Gasteiger partial charge < -0.3 is 15.1 Å². The standard InChI is InChI=1S/C19H16Cl2N4O3S/c1-10-7-13(21)8-14(17(27)22-2)16(10)23-15(26)9-29-19-25-24-18(28-19)11-3-5-12(20)6-4-11/h3-8H,9H2,1-2H3,(H,22,27)(H,23,26). The van der Waals surface area contributed by atoms with Crippen molar-refractivity contribution in [1.82, 2.24) is 15.5 Å². The molecule has 0 atom stereocenters. The first kappa shape index (κ1) is 21.2. The molecule has 7 nitrogen and oxygen atoms in total. The molecule has 3 rings (SSSR count). The highest BCUT2D eigenvalue weighted by Crippen LogP contribution is 2.27. The predicted molar refractivity (Wildman–Crippen MR) is 114 cm³/mol. The maximum atomic E-state index is 12.4. The topological polar surface area (TPSA) is 97.1 Å². The molecule has 1 aromatic heterocycles. The van der Waals surface area contributed by atoms with Crippen molar-refractivity contribution in [2.24, 2.45) is 0 Å². The van der Waals surface area contributed by atoms with Gasteiger partial charge in [0.2, 0.25) is 11.8 Å². The van der Waals surface area contributed by atoms with Gasteiger partial charge in [-0.15, -0.1) is 10.2 Å². The van der Waals surface area contributed by atoms with Crippen LogP contribution in [0.4, 0.5) is 5.69 Å². The SMILES string of the molecule is CNC(=O)c1cc(Cl)cc(C)c1NC(=O)CSc1nnc(-c2ccc(Cl)cc2)o1. The number of benzene rings is 2. The highest BCUT2D eigenvalue weighted by atomic mass is 35.5. The first-order valence-corrected chi connectivity index (χ1v) is 10.2. The zero-order valence-electron chi connectivity index (χ0n) is 15.5. The number of amides is 2. The van der Waals surface area contributed by atoms with Crippen LogP contribution >= 0.6 is 35.0 Å². The molecule has 0 spiro atoms. The highest BCUT2D eigenvalue weighted by Gasteiger charge is 2.17. The number of aromatic nitrogens is 2. The summed E-state index contributed by atoms with van der Waals surface area (Å²) in [6.45, 7) is 1.76. The van der Waals surface area contributed by atoms with E-state index < -0.39 is 0 Å². The number of nitrogens with one attached hydrogen (secondary N) is 2. The number of carbonyl (C=O) groups excluding carboxylic acids is 2. The summed E-state index contributed by atoms with van der Waals surface area (Å²) in [4.78, 5) is 24.5. The fourth-order valence-corrected chi connectivity index (χ4v) is 3.46. The van der Waals surface area contributed by atoms with Gasteiger partial charge in [0.25, 0.3) is 11.1 Å². The van der Waals surface area contributed by atoms with Gasteiger partial charge in [-0.3, -0.25) is 9.59 Å². The Balaban J connectivity index is 1.67. The second kappa shape index (κ2) is 9.30. The van der Waals surface area contributed by atoms with E-state index in [1.807, 2.05) is 0 Å². The summed E-state index contributed by atoms with van der Waals surface area (Å²) in [5.74, 6) is -0.308. The molecule has 0 aliphatic carbocycles.